The van der Waals surface area contributed by atoms with Crippen molar-refractivity contribution in [1.29, 1.82) is 0 Å². The predicted molar refractivity (Wildman–Crippen MR) is 77.3 cm³/mol. The van der Waals surface area contributed by atoms with Crippen LogP contribution in [0.3, 0.4) is 0 Å². The minimum atomic E-state index is -0.452. The van der Waals surface area contributed by atoms with Gasteiger partial charge in [-0.3, -0.25) is 4.79 Å². The summed E-state index contributed by atoms with van der Waals surface area (Å²) in [5.74, 6) is -0.452. The number of nitrogens with one attached hydrogen (secondary N) is 1. The molecule has 0 bridgehead atoms. The molecule has 110 valence electrons. The fourth-order valence-corrected chi connectivity index (χ4v) is 1.65. The van der Waals surface area contributed by atoms with Crippen molar-refractivity contribution < 1.29 is 14.3 Å². The van der Waals surface area contributed by atoms with Crippen LogP contribution in [0.5, 0.6) is 0 Å². The Morgan fingerprint density at radius 1 is 1.45 bits per heavy atom. The van der Waals surface area contributed by atoms with Gasteiger partial charge in [-0.2, -0.15) is 0 Å². The Kier molecular flexibility index (Phi) is 5.99. The highest BCUT2D eigenvalue weighted by atomic mass is 16.5. The molecule has 6 heteroatoms. The maximum absolute atomic E-state index is 12.1. The summed E-state index contributed by atoms with van der Waals surface area (Å²) in [4.78, 5) is 24.6. The van der Waals surface area contributed by atoms with Gasteiger partial charge in [-0.15, -0.1) is 0 Å². The number of urea groups is 1. The van der Waals surface area contributed by atoms with Crippen LogP contribution in [0.1, 0.15) is 25.5 Å². The topological polar surface area (TPSA) is 84.7 Å². The molecule has 0 radical (unpaired) electrons. The first-order valence-corrected chi connectivity index (χ1v) is 6.46. The van der Waals surface area contributed by atoms with E-state index in [-0.39, 0.29) is 18.6 Å². The Morgan fingerprint density at radius 2 is 2.15 bits per heavy atom. The van der Waals surface area contributed by atoms with E-state index in [0.717, 1.165) is 5.56 Å². The Hall–Kier alpha value is -2.08. The summed E-state index contributed by atoms with van der Waals surface area (Å²) < 4.78 is 4.56. The van der Waals surface area contributed by atoms with Gasteiger partial charge in [0.05, 0.1) is 7.11 Å². The van der Waals surface area contributed by atoms with Crippen molar-refractivity contribution in [2.45, 2.75) is 19.9 Å². The zero-order chi connectivity index (χ0) is 15.1. The number of ether oxygens (including phenoxy) is 1. The normalized spacial score (nSPS) is 11.6. The summed E-state index contributed by atoms with van der Waals surface area (Å²) in [6, 6.07) is 6.85. The molecule has 1 aromatic carbocycles. The Morgan fingerprint density at radius 3 is 2.70 bits per heavy atom. The predicted octanol–water partition coefficient (Wildman–Crippen LogP) is 1.73. The van der Waals surface area contributed by atoms with Crippen LogP contribution in [-0.2, 0) is 9.53 Å². The summed E-state index contributed by atoms with van der Waals surface area (Å²) in [6.45, 7) is 4.00. The second kappa shape index (κ2) is 7.49. The fraction of sp³-hybridized carbons (Fsp3) is 0.429. The van der Waals surface area contributed by atoms with Gasteiger partial charge in [0.15, 0.2) is 0 Å². The summed E-state index contributed by atoms with van der Waals surface area (Å²) in [5.41, 5.74) is 7.37. The van der Waals surface area contributed by atoms with Crippen molar-refractivity contribution in [3.05, 3.63) is 29.8 Å². The first-order valence-electron chi connectivity index (χ1n) is 6.46. The third-order valence-electron chi connectivity index (χ3n) is 2.88. The van der Waals surface area contributed by atoms with Gasteiger partial charge in [0.2, 0.25) is 0 Å². The number of hydrogen-bond acceptors (Lipinski definition) is 4. The molecule has 1 unspecified atom stereocenters. The van der Waals surface area contributed by atoms with Crippen molar-refractivity contribution in [2.24, 2.45) is 5.73 Å². The maximum atomic E-state index is 12.1. The fourth-order valence-electron chi connectivity index (χ4n) is 1.65. The monoisotopic (exact) mass is 279 g/mol. The van der Waals surface area contributed by atoms with Crippen LogP contribution in [0.15, 0.2) is 24.3 Å². The number of likely N-dealkylation sites (N-methyl/N-ethyl adjacent to an activating group) is 1. The molecule has 20 heavy (non-hydrogen) atoms. The third kappa shape index (κ3) is 4.55. The Balaban J connectivity index is 2.73. The minimum absolute atomic E-state index is 0.0776. The number of methoxy groups -OCH3 is 1. The smallest absolute Gasteiger partial charge is 0.325 e. The van der Waals surface area contributed by atoms with Crippen molar-refractivity contribution in [1.82, 2.24) is 4.90 Å². The van der Waals surface area contributed by atoms with Crippen molar-refractivity contribution in [2.75, 3.05) is 25.5 Å². The van der Waals surface area contributed by atoms with E-state index in [0.29, 0.717) is 12.2 Å². The molecule has 1 rings (SSSR count). The molecule has 0 fully saturated rings. The SMILES string of the molecule is CCN(CC(=O)OC)C(=O)Nc1cccc(C(C)N)c1. The number of anilines is 1. The van der Waals surface area contributed by atoms with E-state index in [4.69, 9.17) is 5.73 Å². The van der Waals surface area contributed by atoms with Crippen LogP contribution in [0.25, 0.3) is 0 Å². The molecule has 6 nitrogen and oxygen atoms in total. The van der Waals surface area contributed by atoms with Gasteiger partial charge in [-0.05, 0) is 31.5 Å². The molecule has 0 aliphatic heterocycles. The van der Waals surface area contributed by atoms with E-state index in [1.807, 2.05) is 25.1 Å². The lowest BCUT2D eigenvalue weighted by Gasteiger charge is -2.20. The summed E-state index contributed by atoms with van der Waals surface area (Å²) in [7, 11) is 1.29. The zero-order valence-electron chi connectivity index (χ0n) is 12.1. The molecule has 0 saturated heterocycles. The number of nitrogens with zero attached hydrogens (tertiary/aromatic N) is 1. The van der Waals surface area contributed by atoms with Gasteiger partial charge in [0.1, 0.15) is 6.54 Å². The van der Waals surface area contributed by atoms with Gasteiger partial charge < -0.3 is 20.7 Å². The number of carbonyl (C=O) groups excluding carboxylic acids is 2. The van der Waals surface area contributed by atoms with Crippen LogP contribution in [0.2, 0.25) is 0 Å². The largest absolute Gasteiger partial charge is 0.468 e. The van der Waals surface area contributed by atoms with Crippen LogP contribution < -0.4 is 11.1 Å². The number of nitrogens with two attached hydrogens (primary N) is 1. The van der Waals surface area contributed by atoms with Crippen molar-refractivity contribution >= 4 is 17.7 Å². The molecule has 0 aliphatic carbocycles. The van der Waals surface area contributed by atoms with E-state index in [1.165, 1.54) is 12.0 Å². The molecule has 1 aromatic rings. The molecule has 3 N–H and O–H groups in total. The standard InChI is InChI=1S/C14H21N3O3/c1-4-17(9-13(18)20-3)14(19)16-12-7-5-6-11(8-12)10(2)15/h5-8,10H,4,9,15H2,1-3H3,(H,16,19). The maximum Gasteiger partial charge on any atom is 0.325 e. The molecule has 0 heterocycles. The van der Waals surface area contributed by atoms with Gasteiger partial charge >= 0.3 is 12.0 Å². The molecular weight excluding hydrogens is 258 g/mol. The van der Waals surface area contributed by atoms with Gasteiger partial charge in [0.25, 0.3) is 0 Å². The second-order valence-corrected chi connectivity index (χ2v) is 4.43. The lowest BCUT2D eigenvalue weighted by Crippen LogP contribution is -2.39. The Labute approximate surface area is 118 Å². The van der Waals surface area contributed by atoms with Gasteiger partial charge in [-0.1, -0.05) is 12.1 Å². The molecule has 2 amide bonds. The molecule has 0 saturated carbocycles. The zero-order valence-corrected chi connectivity index (χ0v) is 12.1. The number of amides is 2. The average Bonchev–Trinajstić information content (AvgIpc) is 2.44. The lowest BCUT2D eigenvalue weighted by atomic mass is 10.1. The van der Waals surface area contributed by atoms with Gasteiger partial charge in [0, 0.05) is 18.3 Å². The average molecular weight is 279 g/mol. The van der Waals surface area contributed by atoms with Crippen molar-refractivity contribution in [3.63, 3.8) is 0 Å². The van der Waals surface area contributed by atoms with Gasteiger partial charge in [-0.25, -0.2) is 4.79 Å². The van der Waals surface area contributed by atoms with Crippen LogP contribution >= 0.6 is 0 Å². The number of benzene rings is 1. The van der Waals surface area contributed by atoms with Crippen LogP contribution in [-0.4, -0.2) is 37.1 Å². The molecule has 0 spiro atoms. The molecule has 0 aromatic heterocycles. The summed E-state index contributed by atoms with van der Waals surface area (Å²) in [6.07, 6.45) is 0. The number of carbonyl (C=O) groups is 2. The summed E-state index contributed by atoms with van der Waals surface area (Å²) >= 11 is 0. The molecule has 0 aliphatic rings. The first-order chi connectivity index (χ1) is 9.47. The number of hydrogen-bond donors (Lipinski definition) is 2. The third-order valence-corrected chi connectivity index (χ3v) is 2.88. The summed E-state index contributed by atoms with van der Waals surface area (Å²) in [5, 5.41) is 2.74. The highest BCUT2D eigenvalue weighted by Gasteiger charge is 2.16. The second-order valence-electron chi connectivity index (χ2n) is 4.43. The van der Waals surface area contributed by atoms with Crippen molar-refractivity contribution in [3.8, 4) is 0 Å². The van der Waals surface area contributed by atoms with E-state index < -0.39 is 5.97 Å². The van der Waals surface area contributed by atoms with E-state index >= 15 is 0 Å². The van der Waals surface area contributed by atoms with E-state index in [1.54, 1.807) is 13.0 Å². The Bertz CT molecular complexity index is 474. The minimum Gasteiger partial charge on any atom is -0.468 e. The van der Waals surface area contributed by atoms with E-state index in [2.05, 4.69) is 10.1 Å². The number of esters is 1. The first kappa shape index (κ1) is 16.0. The number of rotatable bonds is 5. The molecular formula is C14H21N3O3. The van der Waals surface area contributed by atoms with Crippen LogP contribution in [0.4, 0.5) is 10.5 Å². The highest BCUT2D eigenvalue weighted by molar-refractivity contribution is 5.91. The quantitative estimate of drug-likeness (QED) is 0.804. The van der Waals surface area contributed by atoms with E-state index in [9.17, 15) is 9.59 Å². The highest BCUT2D eigenvalue weighted by Crippen LogP contribution is 2.16. The molecule has 1 atom stereocenters. The van der Waals surface area contributed by atoms with Crippen LogP contribution in [0, 0.1) is 0 Å². The lowest BCUT2D eigenvalue weighted by molar-refractivity contribution is -0.141.